The molecule has 0 saturated heterocycles. The number of benzene rings is 2. The molecular weight excluding hydrogens is 356 g/mol. The van der Waals surface area contributed by atoms with Gasteiger partial charge < -0.3 is 19.7 Å². The number of aromatic nitrogens is 1. The van der Waals surface area contributed by atoms with Crippen LogP contribution in [0.25, 0.3) is 10.9 Å². The van der Waals surface area contributed by atoms with Crippen molar-refractivity contribution < 1.29 is 19.4 Å². The summed E-state index contributed by atoms with van der Waals surface area (Å²) in [4.78, 5) is 22.8. The summed E-state index contributed by atoms with van der Waals surface area (Å²) < 4.78 is 7.47. The number of fused-ring (bicyclic) bond motifs is 1. The molecule has 3 aromatic rings. The van der Waals surface area contributed by atoms with Gasteiger partial charge in [-0.15, -0.1) is 0 Å². The van der Waals surface area contributed by atoms with Gasteiger partial charge in [0.15, 0.2) is 0 Å². The summed E-state index contributed by atoms with van der Waals surface area (Å²) in [6, 6.07) is 17.8. The fraction of sp³-hybridized carbons (Fsp3) is 0.273. The largest absolute Gasteiger partial charge is 0.481 e. The lowest BCUT2D eigenvalue weighted by Gasteiger charge is -2.37. The van der Waals surface area contributed by atoms with E-state index in [2.05, 4.69) is 9.88 Å². The molecule has 1 aliphatic rings. The van der Waals surface area contributed by atoms with Crippen molar-refractivity contribution >= 4 is 23.0 Å². The van der Waals surface area contributed by atoms with Crippen LogP contribution in [0.1, 0.15) is 30.0 Å². The van der Waals surface area contributed by atoms with Gasteiger partial charge in [-0.25, -0.2) is 4.79 Å². The predicted octanol–water partition coefficient (Wildman–Crippen LogP) is 3.90. The zero-order valence-corrected chi connectivity index (χ0v) is 15.4. The van der Waals surface area contributed by atoms with Crippen molar-refractivity contribution in [3.63, 3.8) is 0 Å². The highest BCUT2D eigenvalue weighted by Crippen LogP contribution is 2.35. The molecule has 1 heterocycles. The maximum Gasteiger partial charge on any atom is 0.407 e. The van der Waals surface area contributed by atoms with E-state index in [4.69, 9.17) is 9.84 Å². The Kier molecular flexibility index (Phi) is 5.02. The van der Waals surface area contributed by atoms with E-state index in [1.54, 1.807) is 0 Å². The van der Waals surface area contributed by atoms with Crippen LogP contribution in [0.4, 0.5) is 4.79 Å². The minimum Gasteiger partial charge on any atom is -0.481 e. The fourth-order valence-electron chi connectivity index (χ4n) is 3.68. The smallest absolute Gasteiger partial charge is 0.407 e. The molecular formula is C22H22N2O4. The van der Waals surface area contributed by atoms with Crippen LogP contribution in [0.3, 0.4) is 0 Å². The molecule has 0 bridgehead atoms. The normalized spacial score (nSPS) is 18.4. The van der Waals surface area contributed by atoms with Gasteiger partial charge in [0.2, 0.25) is 0 Å². The summed E-state index contributed by atoms with van der Waals surface area (Å²) in [7, 11) is 0. The molecule has 144 valence electrons. The van der Waals surface area contributed by atoms with Gasteiger partial charge >= 0.3 is 12.1 Å². The second-order valence-corrected chi connectivity index (χ2v) is 7.21. The monoisotopic (exact) mass is 378 g/mol. The molecule has 0 unspecified atom stereocenters. The van der Waals surface area contributed by atoms with Gasteiger partial charge in [-0.05, 0) is 47.6 Å². The topological polar surface area (TPSA) is 80.6 Å². The fourth-order valence-corrected chi connectivity index (χ4v) is 3.68. The molecule has 6 nitrogen and oxygen atoms in total. The number of ether oxygens (including phenoxy) is 1. The molecule has 0 aliphatic heterocycles. The zero-order chi connectivity index (χ0) is 19.5. The lowest BCUT2D eigenvalue weighted by atomic mass is 9.86. The summed E-state index contributed by atoms with van der Waals surface area (Å²) in [5, 5.41) is 12.9. The van der Waals surface area contributed by atoms with Crippen molar-refractivity contribution in [3.8, 4) is 0 Å². The summed E-state index contributed by atoms with van der Waals surface area (Å²) >= 11 is 0. The number of hydrogen-bond acceptors (Lipinski definition) is 3. The number of carboxylic acids is 1. The SMILES string of the molecule is O=C(O)Cc1ccc2c(ccn2[C@H]2C[C@H](NC(=O)OCc3ccccc3)C2)c1. The maximum atomic E-state index is 12.0. The molecule has 4 rings (SSSR count). The van der Waals surface area contributed by atoms with Crippen LogP contribution in [-0.4, -0.2) is 27.8 Å². The Labute approximate surface area is 162 Å². The highest BCUT2D eigenvalue weighted by atomic mass is 16.5. The first-order valence-corrected chi connectivity index (χ1v) is 9.37. The molecule has 1 aliphatic carbocycles. The van der Waals surface area contributed by atoms with Crippen molar-refractivity contribution in [2.45, 2.75) is 38.0 Å². The van der Waals surface area contributed by atoms with Crippen molar-refractivity contribution in [1.29, 1.82) is 0 Å². The van der Waals surface area contributed by atoms with Gasteiger partial charge in [0, 0.05) is 23.8 Å². The van der Waals surface area contributed by atoms with Crippen molar-refractivity contribution in [2.24, 2.45) is 0 Å². The van der Waals surface area contributed by atoms with E-state index in [1.165, 1.54) is 0 Å². The van der Waals surface area contributed by atoms with Gasteiger partial charge in [-0.2, -0.15) is 0 Å². The number of hydrogen-bond donors (Lipinski definition) is 2. The van der Waals surface area contributed by atoms with Crippen LogP contribution < -0.4 is 5.32 Å². The third-order valence-corrected chi connectivity index (χ3v) is 5.18. The van der Waals surface area contributed by atoms with Crippen LogP contribution in [0.2, 0.25) is 0 Å². The number of nitrogens with zero attached hydrogens (tertiary/aromatic N) is 1. The van der Waals surface area contributed by atoms with Crippen molar-refractivity contribution in [3.05, 3.63) is 71.9 Å². The summed E-state index contributed by atoms with van der Waals surface area (Å²) in [6.07, 6.45) is 3.37. The zero-order valence-electron chi connectivity index (χ0n) is 15.4. The second-order valence-electron chi connectivity index (χ2n) is 7.21. The molecule has 1 amide bonds. The van der Waals surface area contributed by atoms with E-state index in [9.17, 15) is 9.59 Å². The molecule has 2 aromatic carbocycles. The van der Waals surface area contributed by atoms with E-state index in [0.29, 0.717) is 6.04 Å². The molecule has 1 saturated carbocycles. The number of amides is 1. The Bertz CT molecular complexity index is 990. The number of rotatable bonds is 6. The molecule has 1 aromatic heterocycles. The number of alkyl carbamates (subject to hydrolysis) is 1. The Morgan fingerprint density at radius 1 is 1.07 bits per heavy atom. The van der Waals surface area contributed by atoms with Crippen molar-refractivity contribution in [2.75, 3.05) is 0 Å². The Hall–Kier alpha value is -3.28. The standard InChI is InChI=1S/C22H22N2O4/c25-21(26)11-16-6-7-20-17(10-16)8-9-24(20)19-12-18(13-19)23-22(27)28-14-15-4-2-1-3-5-15/h1-10,18-19H,11-14H2,(H,23,27)(H,25,26)/t18-,19-. The summed E-state index contributed by atoms with van der Waals surface area (Å²) in [5.41, 5.74) is 2.85. The number of carbonyl (C=O) groups is 2. The quantitative estimate of drug-likeness (QED) is 0.682. The van der Waals surface area contributed by atoms with Crippen LogP contribution in [0, 0.1) is 0 Å². The Morgan fingerprint density at radius 3 is 2.61 bits per heavy atom. The first kappa shape index (κ1) is 18.1. The Morgan fingerprint density at radius 2 is 1.86 bits per heavy atom. The minimum atomic E-state index is -0.828. The summed E-state index contributed by atoms with van der Waals surface area (Å²) in [5.74, 6) is -0.828. The molecule has 0 radical (unpaired) electrons. The predicted molar refractivity (Wildman–Crippen MR) is 105 cm³/mol. The molecule has 2 N–H and O–H groups in total. The molecule has 28 heavy (non-hydrogen) atoms. The average molecular weight is 378 g/mol. The second kappa shape index (κ2) is 7.76. The van der Waals surface area contributed by atoms with Crippen LogP contribution >= 0.6 is 0 Å². The number of carboxylic acid groups (broad SMARTS) is 1. The highest BCUT2D eigenvalue weighted by molar-refractivity contribution is 5.82. The minimum absolute atomic E-state index is 0.0294. The molecule has 1 fully saturated rings. The first-order valence-electron chi connectivity index (χ1n) is 9.37. The van der Waals surface area contributed by atoms with E-state index >= 15 is 0 Å². The van der Waals surface area contributed by atoms with Gasteiger partial charge in [0.1, 0.15) is 6.61 Å². The van der Waals surface area contributed by atoms with Gasteiger partial charge in [-0.1, -0.05) is 36.4 Å². The maximum absolute atomic E-state index is 12.0. The molecule has 6 heteroatoms. The Balaban J connectivity index is 1.30. The lowest BCUT2D eigenvalue weighted by molar-refractivity contribution is -0.136. The van der Waals surface area contributed by atoms with Crippen LogP contribution in [-0.2, 0) is 22.6 Å². The molecule has 0 spiro atoms. The number of carbonyl (C=O) groups excluding carboxylic acids is 1. The van der Waals surface area contributed by atoms with Crippen LogP contribution in [0.15, 0.2) is 60.8 Å². The van der Waals surface area contributed by atoms with Crippen LogP contribution in [0.5, 0.6) is 0 Å². The van der Waals surface area contributed by atoms with E-state index in [1.807, 2.05) is 60.8 Å². The lowest BCUT2D eigenvalue weighted by Crippen LogP contribution is -2.45. The number of nitrogens with one attached hydrogen (secondary N) is 1. The highest BCUT2D eigenvalue weighted by Gasteiger charge is 2.32. The van der Waals surface area contributed by atoms with Crippen molar-refractivity contribution in [1.82, 2.24) is 9.88 Å². The third-order valence-electron chi connectivity index (χ3n) is 5.18. The van der Waals surface area contributed by atoms with Gasteiger partial charge in [0.05, 0.1) is 6.42 Å². The van der Waals surface area contributed by atoms with E-state index in [-0.39, 0.29) is 25.2 Å². The van der Waals surface area contributed by atoms with Gasteiger partial charge in [-0.3, -0.25) is 4.79 Å². The van der Waals surface area contributed by atoms with E-state index in [0.717, 1.165) is 34.9 Å². The average Bonchev–Trinajstić information content (AvgIpc) is 3.05. The summed E-state index contributed by atoms with van der Waals surface area (Å²) in [6.45, 7) is 0.268. The molecule has 0 atom stereocenters. The first-order chi connectivity index (χ1) is 13.6. The number of aliphatic carboxylic acids is 1. The van der Waals surface area contributed by atoms with E-state index < -0.39 is 5.97 Å². The third kappa shape index (κ3) is 4.01. The van der Waals surface area contributed by atoms with Gasteiger partial charge in [0.25, 0.3) is 0 Å².